The highest BCUT2D eigenvalue weighted by Gasteiger charge is 2.36. The van der Waals surface area contributed by atoms with Crippen LogP contribution in [0.5, 0.6) is 11.5 Å². The summed E-state index contributed by atoms with van der Waals surface area (Å²) in [7, 11) is 3.15. The monoisotopic (exact) mass is 366 g/mol. The topological polar surface area (TPSA) is 90.6 Å². The molecule has 1 aliphatic rings. The third kappa shape index (κ3) is 3.21. The number of ether oxygens (including phenoxy) is 2. The number of hydrogen-bond donors (Lipinski definition) is 0. The van der Waals surface area contributed by atoms with Crippen LogP contribution < -0.4 is 14.4 Å². The van der Waals surface area contributed by atoms with Gasteiger partial charge in [0, 0.05) is 31.1 Å². The van der Waals surface area contributed by atoms with E-state index in [1.54, 1.807) is 43.5 Å². The lowest BCUT2D eigenvalue weighted by Crippen LogP contribution is -2.24. The van der Waals surface area contributed by atoms with Gasteiger partial charge in [-0.25, -0.2) is 0 Å². The van der Waals surface area contributed by atoms with Crippen LogP contribution in [0.25, 0.3) is 11.6 Å². The Bertz CT molecular complexity index is 957. The molecule has 3 heterocycles. The summed E-state index contributed by atoms with van der Waals surface area (Å²) in [6.07, 6.45) is 1.96. The second kappa shape index (κ2) is 7.06. The fourth-order valence-electron chi connectivity index (χ4n) is 3.12. The number of aromatic nitrogens is 3. The summed E-state index contributed by atoms with van der Waals surface area (Å²) in [6.45, 7) is 0.447. The number of methoxy groups -OCH3 is 2. The van der Waals surface area contributed by atoms with E-state index >= 15 is 0 Å². The van der Waals surface area contributed by atoms with E-state index in [4.69, 9.17) is 14.0 Å². The van der Waals surface area contributed by atoms with Crippen LogP contribution in [-0.4, -0.2) is 41.8 Å². The molecule has 1 amide bonds. The van der Waals surface area contributed by atoms with Crippen molar-refractivity contribution in [1.82, 2.24) is 15.1 Å². The Morgan fingerprint density at radius 3 is 2.81 bits per heavy atom. The van der Waals surface area contributed by atoms with Crippen molar-refractivity contribution in [2.45, 2.75) is 12.3 Å². The van der Waals surface area contributed by atoms with Crippen molar-refractivity contribution in [1.29, 1.82) is 0 Å². The van der Waals surface area contributed by atoms with E-state index in [1.165, 1.54) is 0 Å². The van der Waals surface area contributed by atoms with E-state index in [-0.39, 0.29) is 11.8 Å². The van der Waals surface area contributed by atoms with Gasteiger partial charge in [0.2, 0.25) is 5.91 Å². The van der Waals surface area contributed by atoms with Crippen LogP contribution in [0.15, 0.2) is 47.1 Å². The molecule has 0 spiro atoms. The molecule has 138 valence electrons. The van der Waals surface area contributed by atoms with Crippen LogP contribution in [0, 0.1) is 0 Å². The fraction of sp³-hybridized carbons (Fsp3) is 0.263. The van der Waals surface area contributed by atoms with Gasteiger partial charge in [0.1, 0.15) is 17.2 Å². The van der Waals surface area contributed by atoms with Crippen molar-refractivity contribution in [2.75, 3.05) is 25.7 Å². The molecule has 0 radical (unpaired) electrons. The first-order valence-electron chi connectivity index (χ1n) is 8.47. The quantitative estimate of drug-likeness (QED) is 0.685. The number of amides is 1. The molecular formula is C19H18N4O4. The first kappa shape index (κ1) is 17.0. The van der Waals surface area contributed by atoms with Gasteiger partial charge < -0.3 is 18.9 Å². The second-order valence-corrected chi connectivity index (χ2v) is 6.12. The largest absolute Gasteiger partial charge is 0.497 e. The number of anilines is 1. The van der Waals surface area contributed by atoms with Crippen molar-refractivity contribution in [3.8, 4) is 23.1 Å². The van der Waals surface area contributed by atoms with E-state index in [1.807, 2.05) is 18.2 Å². The highest BCUT2D eigenvalue weighted by atomic mass is 16.5. The van der Waals surface area contributed by atoms with E-state index in [0.29, 0.717) is 47.6 Å². The standard InChI is InChI=1S/C19H18N4O4/c1-25-13-6-7-15(16(10-13)26-2)23-11-12(9-17(23)24)18-21-19(27-22-18)14-5-3-4-8-20-14/h3-8,10,12H,9,11H2,1-2H3. The molecular weight excluding hydrogens is 348 g/mol. The number of pyridine rings is 1. The minimum atomic E-state index is -0.162. The Hall–Kier alpha value is -3.42. The van der Waals surface area contributed by atoms with E-state index in [9.17, 15) is 4.79 Å². The number of carbonyl (C=O) groups excluding carboxylic acids is 1. The average Bonchev–Trinajstić information content (AvgIpc) is 3.35. The lowest BCUT2D eigenvalue weighted by molar-refractivity contribution is -0.117. The molecule has 8 heteroatoms. The number of nitrogens with zero attached hydrogens (tertiary/aromatic N) is 4. The smallest absolute Gasteiger partial charge is 0.276 e. The maximum absolute atomic E-state index is 12.6. The summed E-state index contributed by atoms with van der Waals surface area (Å²) in [5.74, 6) is 1.90. The van der Waals surface area contributed by atoms with Gasteiger partial charge in [0.15, 0.2) is 5.82 Å². The first-order valence-corrected chi connectivity index (χ1v) is 8.47. The molecule has 4 rings (SSSR count). The fourth-order valence-corrected chi connectivity index (χ4v) is 3.12. The number of hydrogen-bond acceptors (Lipinski definition) is 7. The average molecular weight is 366 g/mol. The minimum Gasteiger partial charge on any atom is -0.497 e. The maximum Gasteiger partial charge on any atom is 0.276 e. The second-order valence-electron chi connectivity index (χ2n) is 6.12. The van der Waals surface area contributed by atoms with Gasteiger partial charge >= 0.3 is 0 Å². The van der Waals surface area contributed by atoms with E-state index < -0.39 is 0 Å². The van der Waals surface area contributed by atoms with Gasteiger partial charge in [0.05, 0.1) is 19.9 Å². The Kier molecular flexibility index (Phi) is 4.45. The SMILES string of the molecule is COc1ccc(N2CC(c3noc(-c4ccccn4)n3)CC2=O)c(OC)c1. The van der Waals surface area contributed by atoms with Crippen LogP contribution in [0.2, 0.25) is 0 Å². The molecule has 0 aliphatic carbocycles. The predicted molar refractivity (Wildman–Crippen MR) is 96.8 cm³/mol. The molecule has 1 aromatic carbocycles. The van der Waals surface area contributed by atoms with Crippen molar-refractivity contribution >= 4 is 11.6 Å². The lowest BCUT2D eigenvalue weighted by Gasteiger charge is -2.19. The Morgan fingerprint density at radius 1 is 1.19 bits per heavy atom. The lowest BCUT2D eigenvalue weighted by atomic mass is 10.1. The van der Waals surface area contributed by atoms with Gasteiger partial charge in [-0.05, 0) is 24.3 Å². The molecule has 3 aromatic rings. The van der Waals surface area contributed by atoms with Crippen molar-refractivity contribution in [3.05, 3.63) is 48.4 Å². The molecule has 8 nitrogen and oxygen atoms in total. The molecule has 2 aromatic heterocycles. The van der Waals surface area contributed by atoms with E-state index in [0.717, 1.165) is 0 Å². The Balaban J connectivity index is 1.57. The van der Waals surface area contributed by atoms with Crippen LogP contribution in [0.1, 0.15) is 18.2 Å². The molecule has 1 atom stereocenters. The van der Waals surface area contributed by atoms with Crippen molar-refractivity contribution in [2.24, 2.45) is 0 Å². The van der Waals surface area contributed by atoms with Crippen molar-refractivity contribution < 1.29 is 18.8 Å². The zero-order valence-corrected chi connectivity index (χ0v) is 15.0. The summed E-state index contributed by atoms with van der Waals surface area (Å²) in [4.78, 5) is 22.9. The van der Waals surface area contributed by atoms with Crippen LogP contribution in [0.4, 0.5) is 5.69 Å². The minimum absolute atomic E-state index is 0.0207. The zero-order valence-electron chi connectivity index (χ0n) is 15.0. The number of benzene rings is 1. The molecule has 1 saturated heterocycles. The Labute approximate surface area is 155 Å². The molecule has 1 unspecified atom stereocenters. The molecule has 0 bridgehead atoms. The van der Waals surface area contributed by atoms with Gasteiger partial charge in [-0.2, -0.15) is 4.98 Å². The Morgan fingerprint density at radius 2 is 2.07 bits per heavy atom. The normalized spacial score (nSPS) is 16.6. The van der Waals surface area contributed by atoms with Crippen LogP contribution in [-0.2, 0) is 4.79 Å². The molecule has 0 saturated carbocycles. The first-order chi connectivity index (χ1) is 13.2. The highest BCUT2D eigenvalue weighted by Crippen LogP contribution is 2.38. The van der Waals surface area contributed by atoms with Gasteiger partial charge in [-0.3, -0.25) is 9.78 Å². The zero-order chi connectivity index (χ0) is 18.8. The van der Waals surface area contributed by atoms with Gasteiger partial charge in [0.25, 0.3) is 5.89 Å². The summed E-state index contributed by atoms with van der Waals surface area (Å²) in [6, 6.07) is 10.8. The third-order valence-corrected chi connectivity index (χ3v) is 4.49. The summed E-state index contributed by atoms with van der Waals surface area (Å²) < 4.78 is 16.0. The molecule has 27 heavy (non-hydrogen) atoms. The van der Waals surface area contributed by atoms with Gasteiger partial charge in [-0.15, -0.1) is 0 Å². The van der Waals surface area contributed by atoms with E-state index in [2.05, 4.69) is 15.1 Å². The summed E-state index contributed by atoms with van der Waals surface area (Å²) in [5.41, 5.74) is 1.30. The van der Waals surface area contributed by atoms with Crippen molar-refractivity contribution in [3.63, 3.8) is 0 Å². The van der Waals surface area contributed by atoms with Gasteiger partial charge in [-0.1, -0.05) is 11.2 Å². The molecule has 0 N–H and O–H groups in total. The maximum atomic E-state index is 12.6. The summed E-state index contributed by atoms with van der Waals surface area (Å²) >= 11 is 0. The number of carbonyl (C=O) groups is 1. The highest BCUT2D eigenvalue weighted by molar-refractivity contribution is 5.97. The summed E-state index contributed by atoms with van der Waals surface area (Å²) in [5, 5.41) is 4.05. The molecule has 1 aliphatic heterocycles. The third-order valence-electron chi connectivity index (χ3n) is 4.49. The number of rotatable bonds is 5. The molecule has 1 fully saturated rings. The van der Waals surface area contributed by atoms with Crippen LogP contribution >= 0.6 is 0 Å². The van der Waals surface area contributed by atoms with Crippen LogP contribution in [0.3, 0.4) is 0 Å². The predicted octanol–water partition coefficient (Wildman–Crippen LogP) is 2.67.